The van der Waals surface area contributed by atoms with Gasteiger partial charge in [-0.05, 0) is 48.6 Å². The highest BCUT2D eigenvalue weighted by Gasteiger charge is 2.31. The number of hydrogen-bond donors (Lipinski definition) is 1. The van der Waals surface area contributed by atoms with Crippen molar-refractivity contribution in [1.82, 2.24) is 4.98 Å². The van der Waals surface area contributed by atoms with Crippen molar-refractivity contribution in [1.29, 1.82) is 0 Å². The predicted octanol–water partition coefficient (Wildman–Crippen LogP) is 4.79. The first-order valence-electron chi connectivity index (χ1n) is 7.14. The zero-order chi connectivity index (χ0) is 14.2. The van der Waals surface area contributed by atoms with Crippen LogP contribution >= 0.6 is 11.3 Å². The van der Waals surface area contributed by atoms with E-state index in [0.717, 1.165) is 29.6 Å². The Hall–Kier alpha value is -1.94. The number of hydrogen-bond acceptors (Lipinski definition) is 3. The number of aromatic nitrogens is 1. The molecule has 1 aliphatic carbocycles. The number of halogens is 1. The molecule has 0 radical (unpaired) electrons. The minimum Gasteiger partial charge on any atom is -0.382 e. The fraction of sp³-hybridized carbons (Fsp3) is 0.235. The maximum Gasteiger partial charge on any atom is 0.126 e. The molecule has 0 bridgehead atoms. The fourth-order valence-corrected chi connectivity index (χ4v) is 3.69. The molecule has 21 heavy (non-hydrogen) atoms. The summed E-state index contributed by atoms with van der Waals surface area (Å²) in [5.74, 6) is 0.267. The maximum atomic E-state index is 13.7. The first-order valence-corrected chi connectivity index (χ1v) is 8.02. The van der Waals surface area contributed by atoms with Crippen molar-refractivity contribution in [3.63, 3.8) is 0 Å². The highest BCUT2D eigenvalue weighted by atomic mass is 32.1. The lowest BCUT2D eigenvalue weighted by Gasteiger charge is -2.37. The van der Waals surface area contributed by atoms with E-state index < -0.39 is 0 Å². The van der Waals surface area contributed by atoms with Gasteiger partial charge in [0.1, 0.15) is 5.82 Å². The summed E-state index contributed by atoms with van der Waals surface area (Å²) in [6.45, 7) is 0. The molecule has 0 saturated heterocycles. The number of benzene rings is 2. The van der Waals surface area contributed by atoms with Crippen molar-refractivity contribution in [2.24, 2.45) is 0 Å². The van der Waals surface area contributed by atoms with Crippen LogP contribution in [0.25, 0.3) is 10.2 Å². The summed E-state index contributed by atoms with van der Waals surface area (Å²) in [7, 11) is 0. The number of nitrogens with one attached hydrogen (secondary N) is 1. The second-order valence-corrected chi connectivity index (χ2v) is 6.45. The zero-order valence-corrected chi connectivity index (χ0v) is 12.2. The molecule has 0 atom stereocenters. The summed E-state index contributed by atoms with van der Waals surface area (Å²) < 4.78 is 14.9. The average molecular weight is 298 g/mol. The summed E-state index contributed by atoms with van der Waals surface area (Å²) in [5, 5.41) is 3.54. The van der Waals surface area contributed by atoms with E-state index in [1.165, 1.54) is 4.70 Å². The van der Waals surface area contributed by atoms with E-state index >= 15 is 0 Å². The highest BCUT2D eigenvalue weighted by molar-refractivity contribution is 7.16. The van der Waals surface area contributed by atoms with Gasteiger partial charge in [0.05, 0.1) is 15.7 Å². The third-order valence-electron chi connectivity index (χ3n) is 4.19. The first kappa shape index (κ1) is 12.8. The van der Waals surface area contributed by atoms with Gasteiger partial charge in [-0.1, -0.05) is 18.2 Å². The van der Waals surface area contributed by atoms with E-state index in [0.29, 0.717) is 12.0 Å². The molecule has 4 rings (SSSR count). The molecule has 1 fully saturated rings. The summed E-state index contributed by atoms with van der Waals surface area (Å²) in [5.41, 5.74) is 4.90. The van der Waals surface area contributed by atoms with Crippen LogP contribution in [0.4, 0.5) is 10.1 Å². The lowest BCUT2D eigenvalue weighted by atomic mass is 9.75. The molecule has 1 N–H and O–H groups in total. The molecule has 0 amide bonds. The van der Waals surface area contributed by atoms with Crippen molar-refractivity contribution < 1.29 is 4.39 Å². The predicted molar refractivity (Wildman–Crippen MR) is 85.4 cm³/mol. The number of anilines is 1. The highest BCUT2D eigenvalue weighted by Crippen LogP contribution is 2.39. The summed E-state index contributed by atoms with van der Waals surface area (Å²) in [4.78, 5) is 4.28. The van der Waals surface area contributed by atoms with Crippen LogP contribution in [0.15, 0.2) is 48.0 Å². The van der Waals surface area contributed by atoms with Gasteiger partial charge in [-0.2, -0.15) is 0 Å². The molecule has 106 valence electrons. The van der Waals surface area contributed by atoms with Crippen LogP contribution in [0, 0.1) is 5.82 Å². The molecule has 1 heterocycles. The fourth-order valence-electron chi connectivity index (χ4n) is 2.98. The smallest absolute Gasteiger partial charge is 0.126 e. The molecule has 0 spiro atoms. The monoisotopic (exact) mass is 298 g/mol. The van der Waals surface area contributed by atoms with Crippen molar-refractivity contribution in [3.05, 3.63) is 59.4 Å². The number of nitrogens with zero attached hydrogens (tertiary/aromatic N) is 1. The molecule has 0 unspecified atom stereocenters. The van der Waals surface area contributed by atoms with Crippen LogP contribution in [-0.4, -0.2) is 11.0 Å². The van der Waals surface area contributed by atoms with E-state index in [2.05, 4.69) is 22.4 Å². The summed E-state index contributed by atoms with van der Waals surface area (Å²) in [6, 6.07) is 13.8. The quantitative estimate of drug-likeness (QED) is 0.751. The van der Waals surface area contributed by atoms with E-state index in [9.17, 15) is 4.39 Å². The van der Waals surface area contributed by atoms with Gasteiger partial charge in [0, 0.05) is 11.7 Å². The molecule has 3 aromatic rings. The lowest BCUT2D eigenvalue weighted by molar-refractivity contribution is 0.363. The Balaban J connectivity index is 1.43. The van der Waals surface area contributed by atoms with Crippen LogP contribution in [0.3, 0.4) is 0 Å². The summed E-state index contributed by atoms with van der Waals surface area (Å²) in [6.07, 6.45) is 1.98. The van der Waals surface area contributed by atoms with Gasteiger partial charge in [0.15, 0.2) is 0 Å². The second-order valence-electron chi connectivity index (χ2n) is 5.57. The largest absolute Gasteiger partial charge is 0.382 e. The van der Waals surface area contributed by atoms with Gasteiger partial charge >= 0.3 is 0 Å². The third kappa shape index (κ3) is 2.40. The Labute approximate surface area is 126 Å². The van der Waals surface area contributed by atoms with Crippen LogP contribution in [0.1, 0.15) is 24.3 Å². The van der Waals surface area contributed by atoms with Gasteiger partial charge in [0.2, 0.25) is 0 Å². The minimum absolute atomic E-state index is 0.0768. The zero-order valence-electron chi connectivity index (χ0n) is 11.4. The molecule has 0 aliphatic heterocycles. The van der Waals surface area contributed by atoms with Crippen molar-refractivity contribution in [2.75, 3.05) is 5.32 Å². The van der Waals surface area contributed by atoms with Gasteiger partial charge in [-0.15, -0.1) is 11.3 Å². The molecule has 2 aromatic carbocycles. The van der Waals surface area contributed by atoms with E-state index in [1.807, 2.05) is 23.7 Å². The van der Waals surface area contributed by atoms with Crippen LogP contribution in [0.2, 0.25) is 0 Å². The number of fused-ring (bicyclic) bond motifs is 1. The van der Waals surface area contributed by atoms with Crippen molar-refractivity contribution >= 4 is 27.2 Å². The average Bonchev–Trinajstić information content (AvgIpc) is 2.91. The van der Waals surface area contributed by atoms with Crippen LogP contribution in [-0.2, 0) is 0 Å². The topological polar surface area (TPSA) is 24.9 Å². The third-order valence-corrected chi connectivity index (χ3v) is 4.98. The molecule has 1 aromatic heterocycles. The SMILES string of the molecule is Fc1ccccc1C1CC(Nc2ccc3ncsc3c2)C1. The number of thiazole rings is 1. The van der Waals surface area contributed by atoms with E-state index in [-0.39, 0.29) is 5.82 Å². The second kappa shape index (κ2) is 5.11. The van der Waals surface area contributed by atoms with E-state index in [4.69, 9.17) is 0 Å². The Morgan fingerprint density at radius 1 is 1.14 bits per heavy atom. The molecular formula is C17H15FN2S. The van der Waals surface area contributed by atoms with E-state index in [1.54, 1.807) is 23.5 Å². The normalized spacial score (nSPS) is 21.2. The Kier molecular flexibility index (Phi) is 3.11. The molecule has 2 nitrogen and oxygen atoms in total. The van der Waals surface area contributed by atoms with Crippen LogP contribution in [0.5, 0.6) is 0 Å². The molecule has 1 saturated carbocycles. The van der Waals surface area contributed by atoms with Crippen LogP contribution < -0.4 is 5.32 Å². The van der Waals surface area contributed by atoms with Crippen molar-refractivity contribution in [2.45, 2.75) is 24.8 Å². The number of rotatable bonds is 3. The first-order chi connectivity index (χ1) is 10.3. The molecule has 1 aliphatic rings. The van der Waals surface area contributed by atoms with Gasteiger partial charge in [0.25, 0.3) is 0 Å². The Morgan fingerprint density at radius 3 is 2.86 bits per heavy atom. The minimum atomic E-state index is -0.0768. The lowest BCUT2D eigenvalue weighted by Crippen LogP contribution is -2.34. The molecule has 4 heteroatoms. The standard InChI is InChI=1S/C17H15FN2S/c18-15-4-2-1-3-14(15)11-7-13(8-11)20-12-5-6-16-17(9-12)21-10-19-16/h1-6,9-11,13,20H,7-8H2. The molecular weight excluding hydrogens is 283 g/mol. The van der Waals surface area contributed by atoms with Gasteiger partial charge < -0.3 is 5.32 Å². The Bertz CT molecular complexity index is 777. The van der Waals surface area contributed by atoms with Crippen molar-refractivity contribution in [3.8, 4) is 0 Å². The maximum absolute atomic E-state index is 13.7. The van der Waals surface area contributed by atoms with Gasteiger partial charge in [-0.25, -0.2) is 9.37 Å². The summed E-state index contributed by atoms with van der Waals surface area (Å²) >= 11 is 1.65. The van der Waals surface area contributed by atoms with Gasteiger partial charge in [-0.3, -0.25) is 0 Å². The Morgan fingerprint density at radius 2 is 2.00 bits per heavy atom.